The number of halogens is 1. The van der Waals surface area contributed by atoms with E-state index in [4.69, 9.17) is 4.74 Å². The van der Waals surface area contributed by atoms with Crippen LogP contribution in [-0.4, -0.2) is 5.91 Å². The predicted molar refractivity (Wildman–Crippen MR) is 122 cm³/mol. The SMILES string of the molecule is O=C(c1ccccc1Br)N1c2ccccc2N2c3ccccc3Oc3cccc1c32. The van der Waals surface area contributed by atoms with E-state index >= 15 is 0 Å². The van der Waals surface area contributed by atoms with E-state index in [0.29, 0.717) is 5.56 Å². The van der Waals surface area contributed by atoms with Gasteiger partial charge in [-0.2, -0.15) is 0 Å². The first kappa shape index (κ1) is 17.3. The molecule has 1 amide bonds. The minimum atomic E-state index is -0.0955. The molecule has 0 fully saturated rings. The van der Waals surface area contributed by atoms with Crippen LogP contribution >= 0.6 is 15.9 Å². The van der Waals surface area contributed by atoms with Crippen molar-refractivity contribution in [2.75, 3.05) is 9.80 Å². The van der Waals surface area contributed by atoms with Crippen molar-refractivity contribution in [1.29, 1.82) is 0 Å². The summed E-state index contributed by atoms with van der Waals surface area (Å²) in [5.41, 5.74) is 5.00. The van der Waals surface area contributed by atoms with Crippen molar-refractivity contribution in [2.45, 2.75) is 0 Å². The standard InChI is InChI=1S/C25H15BrN2O2/c26-17-9-2-1-8-16(17)25(29)28-19-11-4-3-10-18(19)27-20-12-5-6-14-22(20)30-23-15-7-13-21(28)24(23)27/h1-15H. The fourth-order valence-corrected chi connectivity index (χ4v) is 4.62. The van der Waals surface area contributed by atoms with Crippen LogP contribution in [-0.2, 0) is 0 Å². The van der Waals surface area contributed by atoms with E-state index in [1.807, 2.05) is 91.0 Å². The first-order chi connectivity index (χ1) is 14.7. The summed E-state index contributed by atoms with van der Waals surface area (Å²) in [7, 11) is 0. The molecule has 0 aromatic heterocycles. The Morgan fingerprint density at radius 1 is 0.667 bits per heavy atom. The molecule has 30 heavy (non-hydrogen) atoms. The molecule has 0 N–H and O–H groups in total. The van der Waals surface area contributed by atoms with Crippen LogP contribution in [0.5, 0.6) is 11.5 Å². The number of ether oxygens (including phenoxy) is 1. The van der Waals surface area contributed by atoms with Crippen LogP contribution in [0.25, 0.3) is 0 Å². The Hall–Kier alpha value is -3.57. The molecule has 0 atom stereocenters. The van der Waals surface area contributed by atoms with Crippen LogP contribution in [0.15, 0.2) is 95.5 Å². The predicted octanol–water partition coefficient (Wildman–Crippen LogP) is 7.32. The van der Waals surface area contributed by atoms with E-state index < -0.39 is 0 Å². The number of carbonyl (C=O) groups is 1. The van der Waals surface area contributed by atoms with Crippen molar-refractivity contribution in [3.8, 4) is 11.5 Å². The number of hydrogen-bond donors (Lipinski definition) is 0. The summed E-state index contributed by atoms with van der Waals surface area (Å²) in [6, 6.07) is 29.3. The topological polar surface area (TPSA) is 32.8 Å². The highest BCUT2D eigenvalue weighted by Crippen LogP contribution is 2.59. The van der Waals surface area contributed by atoms with E-state index in [1.165, 1.54) is 0 Å². The molecule has 2 aliphatic heterocycles. The van der Waals surface area contributed by atoms with Gasteiger partial charge in [0, 0.05) is 4.47 Å². The van der Waals surface area contributed by atoms with Gasteiger partial charge in [-0.25, -0.2) is 0 Å². The summed E-state index contributed by atoms with van der Waals surface area (Å²) in [5, 5.41) is 0. The van der Waals surface area contributed by atoms with Gasteiger partial charge >= 0.3 is 0 Å². The second-order valence-corrected chi connectivity index (χ2v) is 7.99. The van der Waals surface area contributed by atoms with Crippen molar-refractivity contribution < 1.29 is 9.53 Å². The monoisotopic (exact) mass is 454 g/mol. The van der Waals surface area contributed by atoms with Gasteiger partial charge in [0.2, 0.25) is 0 Å². The second kappa shape index (κ2) is 6.47. The first-order valence-electron chi connectivity index (χ1n) is 9.62. The maximum Gasteiger partial charge on any atom is 0.264 e. The van der Waals surface area contributed by atoms with Crippen LogP contribution in [0.1, 0.15) is 10.4 Å². The van der Waals surface area contributed by atoms with Crippen molar-refractivity contribution in [3.05, 3.63) is 101 Å². The van der Waals surface area contributed by atoms with E-state index in [1.54, 1.807) is 4.90 Å². The van der Waals surface area contributed by atoms with E-state index in [0.717, 1.165) is 44.4 Å². The van der Waals surface area contributed by atoms with E-state index in [2.05, 4.69) is 20.8 Å². The number of anilines is 5. The largest absolute Gasteiger partial charge is 0.453 e. The highest BCUT2D eigenvalue weighted by Gasteiger charge is 2.38. The molecule has 0 spiro atoms. The molecule has 0 saturated carbocycles. The van der Waals surface area contributed by atoms with Crippen molar-refractivity contribution in [3.63, 3.8) is 0 Å². The lowest BCUT2D eigenvalue weighted by Crippen LogP contribution is -2.33. The maximum atomic E-state index is 13.8. The molecule has 6 rings (SSSR count). The van der Waals surface area contributed by atoms with Crippen molar-refractivity contribution in [1.82, 2.24) is 0 Å². The molecular weight excluding hydrogens is 440 g/mol. The normalized spacial score (nSPS) is 13.1. The minimum absolute atomic E-state index is 0.0955. The van der Waals surface area contributed by atoms with Gasteiger partial charge in [-0.1, -0.05) is 42.5 Å². The lowest BCUT2D eigenvalue weighted by Gasteiger charge is -2.42. The van der Waals surface area contributed by atoms with Crippen molar-refractivity contribution >= 4 is 50.3 Å². The van der Waals surface area contributed by atoms with Gasteiger partial charge in [0.1, 0.15) is 5.69 Å². The Morgan fingerprint density at radius 2 is 1.30 bits per heavy atom. The lowest BCUT2D eigenvalue weighted by atomic mass is 10.0. The Morgan fingerprint density at radius 3 is 2.13 bits per heavy atom. The van der Waals surface area contributed by atoms with Crippen LogP contribution in [0.2, 0.25) is 0 Å². The van der Waals surface area contributed by atoms with Gasteiger partial charge in [-0.15, -0.1) is 0 Å². The van der Waals surface area contributed by atoms with Gasteiger partial charge in [0.25, 0.3) is 5.91 Å². The molecule has 0 bridgehead atoms. The molecule has 4 nitrogen and oxygen atoms in total. The number of benzene rings is 4. The Balaban J connectivity index is 1.64. The molecule has 5 heteroatoms. The summed E-state index contributed by atoms with van der Waals surface area (Å²) < 4.78 is 6.97. The third-order valence-corrected chi connectivity index (χ3v) is 6.13. The second-order valence-electron chi connectivity index (χ2n) is 7.14. The van der Waals surface area contributed by atoms with Crippen LogP contribution in [0.4, 0.5) is 28.4 Å². The number of amides is 1. The lowest BCUT2D eigenvalue weighted by molar-refractivity contribution is 0.0998. The summed E-state index contributed by atoms with van der Waals surface area (Å²) >= 11 is 3.53. The molecule has 2 aliphatic rings. The number of nitrogens with zero attached hydrogens (tertiary/aromatic N) is 2. The highest BCUT2D eigenvalue weighted by molar-refractivity contribution is 9.10. The zero-order chi connectivity index (χ0) is 20.2. The third kappa shape index (κ3) is 2.36. The summed E-state index contributed by atoms with van der Waals surface area (Å²) in [4.78, 5) is 17.7. The molecule has 0 saturated heterocycles. The van der Waals surface area contributed by atoms with E-state index in [-0.39, 0.29) is 5.91 Å². The number of hydrogen-bond acceptors (Lipinski definition) is 3. The Labute approximate surface area is 182 Å². The van der Waals surface area contributed by atoms with Crippen LogP contribution < -0.4 is 14.5 Å². The quantitative estimate of drug-likeness (QED) is 0.266. The molecule has 2 heterocycles. The van der Waals surface area contributed by atoms with Crippen molar-refractivity contribution in [2.24, 2.45) is 0 Å². The average Bonchev–Trinajstić information content (AvgIpc) is 2.79. The molecule has 144 valence electrons. The minimum Gasteiger partial charge on any atom is -0.453 e. The zero-order valence-corrected chi connectivity index (χ0v) is 17.3. The molecule has 0 radical (unpaired) electrons. The molecule has 4 aromatic carbocycles. The molecule has 0 aliphatic carbocycles. The highest BCUT2D eigenvalue weighted by atomic mass is 79.9. The summed E-state index contributed by atoms with van der Waals surface area (Å²) in [6.07, 6.45) is 0. The number of carbonyl (C=O) groups excluding carboxylic acids is 1. The first-order valence-corrected chi connectivity index (χ1v) is 10.4. The smallest absolute Gasteiger partial charge is 0.264 e. The maximum absolute atomic E-state index is 13.8. The summed E-state index contributed by atoms with van der Waals surface area (Å²) in [6.45, 7) is 0. The zero-order valence-electron chi connectivity index (χ0n) is 15.7. The average molecular weight is 455 g/mol. The third-order valence-electron chi connectivity index (χ3n) is 5.44. The Kier molecular flexibility index (Phi) is 3.73. The van der Waals surface area contributed by atoms with Gasteiger partial charge in [-0.05, 0) is 64.5 Å². The van der Waals surface area contributed by atoms with E-state index in [9.17, 15) is 4.79 Å². The molecule has 0 unspecified atom stereocenters. The fraction of sp³-hybridized carbons (Fsp3) is 0. The number of para-hydroxylation sites is 5. The number of fused-ring (bicyclic) bond motifs is 4. The Bertz CT molecular complexity index is 1330. The fourth-order valence-electron chi connectivity index (χ4n) is 4.16. The summed E-state index contributed by atoms with van der Waals surface area (Å²) in [5.74, 6) is 1.43. The van der Waals surface area contributed by atoms with Crippen LogP contribution in [0.3, 0.4) is 0 Å². The number of rotatable bonds is 1. The van der Waals surface area contributed by atoms with Gasteiger partial charge in [0.15, 0.2) is 11.5 Å². The molecular formula is C25H15BrN2O2. The van der Waals surface area contributed by atoms with Gasteiger partial charge in [-0.3, -0.25) is 14.6 Å². The molecule has 4 aromatic rings. The van der Waals surface area contributed by atoms with Crippen LogP contribution in [0, 0.1) is 0 Å². The van der Waals surface area contributed by atoms with Gasteiger partial charge < -0.3 is 4.74 Å². The van der Waals surface area contributed by atoms with Gasteiger partial charge in [0.05, 0.1) is 28.3 Å².